The van der Waals surface area contributed by atoms with Crippen molar-refractivity contribution in [3.63, 3.8) is 0 Å². The summed E-state index contributed by atoms with van der Waals surface area (Å²) in [6.07, 6.45) is 3.03. The minimum Gasteiger partial charge on any atom is -0.312 e. The third-order valence-corrected chi connectivity index (χ3v) is 7.44. The molecule has 2 heterocycles. The van der Waals surface area contributed by atoms with E-state index in [1.165, 1.54) is 0 Å². The molecule has 1 amide bonds. The SMILES string of the molecule is Cc1ccc(N2CCCC2=O)cc1S(=O)(=O)N1CCCc2cccc(C)c21. The van der Waals surface area contributed by atoms with Gasteiger partial charge in [-0.3, -0.25) is 9.10 Å². The summed E-state index contributed by atoms with van der Waals surface area (Å²) in [6.45, 7) is 4.89. The summed E-state index contributed by atoms with van der Waals surface area (Å²) in [5.74, 6) is 0.0568. The molecule has 0 saturated carbocycles. The van der Waals surface area contributed by atoms with Gasteiger partial charge in [0.25, 0.3) is 10.0 Å². The van der Waals surface area contributed by atoms with Crippen LogP contribution < -0.4 is 9.21 Å². The molecule has 0 spiro atoms. The second-order valence-corrected chi connectivity index (χ2v) is 9.19. The van der Waals surface area contributed by atoms with Gasteiger partial charge >= 0.3 is 0 Å². The van der Waals surface area contributed by atoms with E-state index < -0.39 is 10.0 Å². The lowest BCUT2D eigenvalue weighted by Crippen LogP contribution is -2.36. The van der Waals surface area contributed by atoms with Crippen LogP contribution in [-0.4, -0.2) is 27.4 Å². The van der Waals surface area contributed by atoms with Gasteiger partial charge in [0.1, 0.15) is 0 Å². The molecule has 0 bridgehead atoms. The maximum absolute atomic E-state index is 13.6. The lowest BCUT2D eigenvalue weighted by molar-refractivity contribution is -0.117. The topological polar surface area (TPSA) is 57.7 Å². The van der Waals surface area contributed by atoms with Crippen molar-refractivity contribution in [1.82, 2.24) is 0 Å². The summed E-state index contributed by atoms with van der Waals surface area (Å²) in [5, 5.41) is 0. The highest BCUT2D eigenvalue weighted by Crippen LogP contribution is 2.36. The smallest absolute Gasteiger partial charge is 0.264 e. The Bertz CT molecular complexity index is 1010. The van der Waals surface area contributed by atoms with E-state index in [-0.39, 0.29) is 10.8 Å². The maximum atomic E-state index is 13.6. The summed E-state index contributed by atoms with van der Waals surface area (Å²) in [6, 6.07) is 11.3. The average Bonchev–Trinajstić information content (AvgIpc) is 3.08. The Morgan fingerprint density at radius 3 is 2.44 bits per heavy atom. The molecule has 1 fully saturated rings. The number of sulfonamides is 1. The number of benzene rings is 2. The van der Waals surface area contributed by atoms with Gasteiger partial charge < -0.3 is 4.90 Å². The molecule has 0 N–H and O–H groups in total. The first-order valence-electron chi connectivity index (χ1n) is 9.42. The van der Waals surface area contributed by atoms with Crippen molar-refractivity contribution < 1.29 is 13.2 Å². The zero-order valence-corrected chi connectivity index (χ0v) is 16.6. The van der Waals surface area contributed by atoms with Crippen LogP contribution in [0.3, 0.4) is 0 Å². The molecule has 2 aromatic carbocycles. The maximum Gasteiger partial charge on any atom is 0.264 e. The number of hydrogen-bond acceptors (Lipinski definition) is 3. The molecule has 0 radical (unpaired) electrons. The largest absolute Gasteiger partial charge is 0.312 e. The van der Waals surface area contributed by atoms with Gasteiger partial charge in [-0.15, -0.1) is 0 Å². The Kier molecular flexibility index (Phi) is 4.46. The molecule has 1 saturated heterocycles. The molecule has 0 atom stereocenters. The highest BCUT2D eigenvalue weighted by Gasteiger charge is 2.32. The summed E-state index contributed by atoms with van der Waals surface area (Å²) >= 11 is 0. The molecular formula is C21H24N2O3S. The molecule has 4 rings (SSSR count). The highest BCUT2D eigenvalue weighted by molar-refractivity contribution is 7.93. The van der Waals surface area contributed by atoms with E-state index in [1.807, 2.05) is 38.1 Å². The third kappa shape index (κ3) is 3.02. The first kappa shape index (κ1) is 18.0. The predicted octanol–water partition coefficient (Wildman–Crippen LogP) is 3.57. The van der Waals surface area contributed by atoms with Crippen molar-refractivity contribution in [3.05, 3.63) is 53.1 Å². The fraction of sp³-hybridized carbons (Fsp3) is 0.381. The Labute approximate surface area is 160 Å². The fourth-order valence-electron chi connectivity index (χ4n) is 4.12. The van der Waals surface area contributed by atoms with Crippen molar-refractivity contribution in [2.45, 2.75) is 44.4 Å². The second-order valence-electron chi connectivity index (χ2n) is 7.36. The van der Waals surface area contributed by atoms with E-state index in [9.17, 15) is 13.2 Å². The van der Waals surface area contributed by atoms with Crippen molar-refractivity contribution in [1.29, 1.82) is 0 Å². The van der Waals surface area contributed by atoms with Crippen LogP contribution >= 0.6 is 0 Å². The van der Waals surface area contributed by atoms with Crippen LogP contribution in [0.4, 0.5) is 11.4 Å². The summed E-state index contributed by atoms with van der Waals surface area (Å²) < 4.78 is 28.7. The van der Waals surface area contributed by atoms with Gasteiger partial charge in [-0.25, -0.2) is 8.42 Å². The molecular weight excluding hydrogens is 360 g/mol. The van der Waals surface area contributed by atoms with Gasteiger partial charge in [0.2, 0.25) is 5.91 Å². The number of carbonyl (C=O) groups excluding carboxylic acids is 1. The molecule has 5 nitrogen and oxygen atoms in total. The van der Waals surface area contributed by atoms with Crippen LogP contribution in [0.25, 0.3) is 0 Å². The number of para-hydroxylation sites is 1. The minimum absolute atomic E-state index is 0.0568. The van der Waals surface area contributed by atoms with Crippen molar-refractivity contribution in [2.24, 2.45) is 0 Å². The Morgan fingerprint density at radius 2 is 1.70 bits per heavy atom. The van der Waals surface area contributed by atoms with Crippen LogP contribution in [0.2, 0.25) is 0 Å². The molecule has 142 valence electrons. The van der Waals surface area contributed by atoms with E-state index in [0.717, 1.165) is 36.1 Å². The quantitative estimate of drug-likeness (QED) is 0.813. The van der Waals surface area contributed by atoms with Crippen LogP contribution in [-0.2, 0) is 21.2 Å². The first-order chi connectivity index (χ1) is 12.9. The van der Waals surface area contributed by atoms with Gasteiger partial charge in [0.15, 0.2) is 0 Å². The minimum atomic E-state index is -3.70. The second kappa shape index (κ2) is 6.68. The molecule has 0 unspecified atom stereocenters. The van der Waals surface area contributed by atoms with Crippen molar-refractivity contribution >= 4 is 27.3 Å². The van der Waals surface area contributed by atoms with Gasteiger partial charge in [-0.1, -0.05) is 24.3 Å². The van der Waals surface area contributed by atoms with Crippen LogP contribution in [0.15, 0.2) is 41.3 Å². The van der Waals surface area contributed by atoms with E-state index in [4.69, 9.17) is 0 Å². The number of hydrogen-bond donors (Lipinski definition) is 0. The van der Waals surface area contributed by atoms with E-state index in [0.29, 0.717) is 30.8 Å². The Hall–Kier alpha value is -2.34. The van der Waals surface area contributed by atoms with E-state index in [2.05, 4.69) is 0 Å². The van der Waals surface area contributed by atoms with Crippen LogP contribution in [0.1, 0.15) is 36.0 Å². The molecule has 2 aliphatic heterocycles. The van der Waals surface area contributed by atoms with Crippen molar-refractivity contribution in [2.75, 3.05) is 22.3 Å². The zero-order chi connectivity index (χ0) is 19.2. The monoisotopic (exact) mass is 384 g/mol. The molecule has 0 aliphatic carbocycles. The average molecular weight is 385 g/mol. The number of nitrogens with zero attached hydrogens (tertiary/aromatic N) is 2. The zero-order valence-electron chi connectivity index (χ0n) is 15.7. The van der Waals surface area contributed by atoms with Gasteiger partial charge in [-0.05, 0) is 61.9 Å². The molecule has 2 aromatic rings. The Morgan fingerprint density at radius 1 is 0.926 bits per heavy atom. The van der Waals surface area contributed by atoms with Crippen LogP contribution in [0.5, 0.6) is 0 Å². The van der Waals surface area contributed by atoms with Crippen LogP contribution in [0, 0.1) is 13.8 Å². The van der Waals surface area contributed by atoms with Gasteiger partial charge in [0, 0.05) is 25.2 Å². The number of anilines is 2. The molecule has 0 aromatic heterocycles. The lowest BCUT2D eigenvalue weighted by Gasteiger charge is -2.32. The lowest BCUT2D eigenvalue weighted by atomic mass is 10.0. The Balaban J connectivity index is 1.81. The first-order valence-corrected chi connectivity index (χ1v) is 10.9. The number of rotatable bonds is 3. The molecule has 6 heteroatoms. The number of fused-ring (bicyclic) bond motifs is 1. The highest BCUT2D eigenvalue weighted by atomic mass is 32.2. The molecule has 2 aliphatic rings. The molecule has 27 heavy (non-hydrogen) atoms. The number of amides is 1. The normalized spacial score (nSPS) is 17.3. The summed E-state index contributed by atoms with van der Waals surface area (Å²) in [5.41, 5.74) is 4.23. The third-order valence-electron chi connectivity index (χ3n) is 5.50. The van der Waals surface area contributed by atoms with Gasteiger partial charge in [-0.2, -0.15) is 0 Å². The number of aryl methyl sites for hydroxylation is 3. The predicted molar refractivity (Wildman–Crippen MR) is 107 cm³/mol. The standard InChI is InChI=1S/C21H24N2O3S/c1-15-10-11-18(22-12-5-9-20(22)24)14-19(15)27(25,26)23-13-4-8-17-7-3-6-16(2)21(17)23/h3,6-7,10-11,14H,4-5,8-9,12-13H2,1-2H3. The van der Waals surface area contributed by atoms with Crippen molar-refractivity contribution in [3.8, 4) is 0 Å². The number of carbonyl (C=O) groups is 1. The van der Waals surface area contributed by atoms with Gasteiger partial charge in [0.05, 0.1) is 10.6 Å². The van der Waals surface area contributed by atoms with E-state index in [1.54, 1.807) is 21.3 Å². The fourth-order valence-corrected chi connectivity index (χ4v) is 5.97. The summed E-state index contributed by atoms with van der Waals surface area (Å²) in [4.78, 5) is 14.1. The summed E-state index contributed by atoms with van der Waals surface area (Å²) in [7, 11) is -3.70. The van der Waals surface area contributed by atoms with E-state index >= 15 is 0 Å².